The molecule has 1 aliphatic carbocycles. The molecule has 2 rings (SSSR count). The summed E-state index contributed by atoms with van der Waals surface area (Å²) in [6.07, 6.45) is 11.0. The molecule has 1 saturated carbocycles. The van der Waals surface area contributed by atoms with E-state index >= 15 is 0 Å². The van der Waals surface area contributed by atoms with Crippen LogP contribution < -0.4 is 0 Å². The Morgan fingerprint density at radius 1 is 1.17 bits per heavy atom. The second-order valence-corrected chi connectivity index (χ2v) is 5.18. The predicted molar refractivity (Wildman–Crippen MR) is 75.3 cm³/mol. The number of hydrogen-bond acceptors (Lipinski definition) is 1. The molecule has 18 heavy (non-hydrogen) atoms. The summed E-state index contributed by atoms with van der Waals surface area (Å²) in [4.78, 5) is 0. The molecule has 0 spiro atoms. The Morgan fingerprint density at radius 2 is 1.83 bits per heavy atom. The van der Waals surface area contributed by atoms with Crippen LogP contribution in [0.4, 0.5) is 0 Å². The van der Waals surface area contributed by atoms with Crippen molar-refractivity contribution in [3.8, 4) is 6.07 Å². The lowest BCUT2D eigenvalue weighted by Crippen LogP contribution is -2.11. The zero-order valence-corrected chi connectivity index (χ0v) is 11.1. The molecule has 1 aliphatic rings. The summed E-state index contributed by atoms with van der Waals surface area (Å²) in [5.41, 5.74) is 2.17. The van der Waals surface area contributed by atoms with Crippen LogP contribution in [0.25, 0.3) is 0 Å². The van der Waals surface area contributed by atoms with E-state index in [-0.39, 0.29) is 0 Å². The Labute approximate surface area is 110 Å². The van der Waals surface area contributed by atoms with Crippen molar-refractivity contribution >= 4 is 0 Å². The van der Waals surface area contributed by atoms with E-state index in [2.05, 4.69) is 37.3 Å². The molecule has 1 aromatic carbocycles. The highest BCUT2D eigenvalue weighted by Gasteiger charge is 2.20. The van der Waals surface area contributed by atoms with Gasteiger partial charge >= 0.3 is 0 Å². The molecule has 0 aromatic heterocycles. The molecule has 0 aliphatic heterocycles. The van der Waals surface area contributed by atoms with Gasteiger partial charge in [0.2, 0.25) is 0 Å². The first kappa shape index (κ1) is 12.9. The SMILES string of the molecule is CC/C=C\C1CCC(c2ccc(C#N)cc2)CC1. The topological polar surface area (TPSA) is 23.8 Å². The van der Waals surface area contributed by atoms with Crippen LogP contribution in [0.3, 0.4) is 0 Å². The second kappa shape index (κ2) is 6.40. The van der Waals surface area contributed by atoms with Crippen molar-refractivity contribution in [2.45, 2.75) is 44.9 Å². The summed E-state index contributed by atoms with van der Waals surface area (Å²) < 4.78 is 0. The molecular weight excluding hydrogens is 218 g/mol. The Bertz CT molecular complexity index is 428. The van der Waals surface area contributed by atoms with Gasteiger partial charge in [-0.3, -0.25) is 0 Å². The average Bonchev–Trinajstić information content (AvgIpc) is 2.46. The molecule has 1 aromatic rings. The molecule has 1 fully saturated rings. The highest BCUT2D eigenvalue weighted by atomic mass is 14.3. The fraction of sp³-hybridized carbons (Fsp3) is 0.471. The summed E-state index contributed by atoms with van der Waals surface area (Å²) in [5.74, 6) is 1.49. The third kappa shape index (κ3) is 3.23. The smallest absolute Gasteiger partial charge is 0.0991 e. The lowest BCUT2D eigenvalue weighted by molar-refractivity contribution is 0.375. The molecule has 0 amide bonds. The van der Waals surface area contributed by atoms with E-state index in [0.717, 1.165) is 17.9 Å². The van der Waals surface area contributed by atoms with E-state index < -0.39 is 0 Å². The summed E-state index contributed by atoms with van der Waals surface area (Å²) >= 11 is 0. The first-order chi connectivity index (χ1) is 8.83. The summed E-state index contributed by atoms with van der Waals surface area (Å²) in [6.45, 7) is 2.19. The van der Waals surface area contributed by atoms with Crippen LogP contribution in [0.1, 0.15) is 56.1 Å². The minimum atomic E-state index is 0.698. The second-order valence-electron chi connectivity index (χ2n) is 5.18. The molecule has 0 heterocycles. The fourth-order valence-electron chi connectivity index (χ4n) is 2.80. The van der Waals surface area contributed by atoms with Crippen molar-refractivity contribution in [1.82, 2.24) is 0 Å². The predicted octanol–water partition coefficient (Wildman–Crippen LogP) is 4.80. The Hall–Kier alpha value is -1.55. The molecule has 0 saturated heterocycles. The Kier molecular flexibility index (Phi) is 4.59. The molecule has 0 bridgehead atoms. The van der Waals surface area contributed by atoms with E-state index in [1.54, 1.807) is 0 Å². The van der Waals surface area contributed by atoms with Crippen molar-refractivity contribution < 1.29 is 0 Å². The van der Waals surface area contributed by atoms with Crippen LogP contribution in [-0.4, -0.2) is 0 Å². The van der Waals surface area contributed by atoms with E-state index in [1.807, 2.05) is 12.1 Å². The number of nitriles is 1. The zero-order valence-electron chi connectivity index (χ0n) is 11.1. The third-order valence-electron chi connectivity index (χ3n) is 3.93. The van der Waals surface area contributed by atoms with Crippen LogP contribution in [0.5, 0.6) is 0 Å². The monoisotopic (exact) mass is 239 g/mol. The van der Waals surface area contributed by atoms with Gasteiger partial charge in [0.1, 0.15) is 0 Å². The molecule has 0 N–H and O–H groups in total. The average molecular weight is 239 g/mol. The van der Waals surface area contributed by atoms with Gasteiger partial charge in [-0.15, -0.1) is 0 Å². The first-order valence-electron chi connectivity index (χ1n) is 7.00. The van der Waals surface area contributed by atoms with Crippen LogP contribution in [-0.2, 0) is 0 Å². The normalized spacial score (nSPS) is 24.0. The standard InChI is InChI=1S/C17H21N/c1-2-3-4-14-5-9-16(10-6-14)17-11-7-15(13-18)8-12-17/h3-4,7-8,11-12,14,16H,2,5-6,9-10H2,1H3/b4-3-. The van der Waals surface area contributed by atoms with Crippen LogP contribution in [0.2, 0.25) is 0 Å². The van der Waals surface area contributed by atoms with Crippen molar-refractivity contribution in [2.75, 3.05) is 0 Å². The van der Waals surface area contributed by atoms with Gasteiger partial charge in [0, 0.05) is 0 Å². The van der Waals surface area contributed by atoms with Crippen molar-refractivity contribution in [2.24, 2.45) is 5.92 Å². The lowest BCUT2D eigenvalue weighted by atomic mass is 9.78. The van der Waals surface area contributed by atoms with Gasteiger partial charge in [0.25, 0.3) is 0 Å². The fourth-order valence-corrected chi connectivity index (χ4v) is 2.80. The first-order valence-corrected chi connectivity index (χ1v) is 7.00. The number of rotatable bonds is 3. The molecular formula is C17H21N. The number of allylic oxidation sites excluding steroid dienone is 2. The van der Waals surface area contributed by atoms with Gasteiger partial charge in [0.15, 0.2) is 0 Å². The maximum Gasteiger partial charge on any atom is 0.0991 e. The minimum Gasteiger partial charge on any atom is -0.192 e. The van der Waals surface area contributed by atoms with Gasteiger partial charge in [-0.05, 0) is 61.6 Å². The van der Waals surface area contributed by atoms with Crippen LogP contribution in [0.15, 0.2) is 36.4 Å². The van der Waals surface area contributed by atoms with Crippen LogP contribution in [0, 0.1) is 17.2 Å². The highest BCUT2D eigenvalue weighted by molar-refractivity contribution is 5.33. The van der Waals surface area contributed by atoms with E-state index in [4.69, 9.17) is 5.26 Å². The third-order valence-corrected chi connectivity index (χ3v) is 3.93. The van der Waals surface area contributed by atoms with E-state index in [0.29, 0.717) is 5.92 Å². The number of benzene rings is 1. The molecule has 0 radical (unpaired) electrons. The van der Waals surface area contributed by atoms with Crippen molar-refractivity contribution in [3.63, 3.8) is 0 Å². The van der Waals surface area contributed by atoms with Gasteiger partial charge in [-0.2, -0.15) is 5.26 Å². The summed E-state index contributed by atoms with van der Waals surface area (Å²) in [7, 11) is 0. The van der Waals surface area contributed by atoms with Gasteiger partial charge < -0.3 is 0 Å². The maximum absolute atomic E-state index is 8.80. The molecule has 0 atom stereocenters. The van der Waals surface area contributed by atoms with Crippen molar-refractivity contribution in [3.05, 3.63) is 47.5 Å². The largest absolute Gasteiger partial charge is 0.192 e. The van der Waals surface area contributed by atoms with E-state index in [9.17, 15) is 0 Å². The molecule has 1 heteroatoms. The molecule has 94 valence electrons. The Balaban J connectivity index is 1.93. The Morgan fingerprint density at radius 3 is 2.39 bits per heavy atom. The molecule has 0 unspecified atom stereocenters. The zero-order chi connectivity index (χ0) is 12.8. The lowest BCUT2D eigenvalue weighted by Gasteiger charge is -2.27. The summed E-state index contributed by atoms with van der Waals surface area (Å²) in [6, 6.07) is 10.3. The number of hydrogen-bond donors (Lipinski definition) is 0. The minimum absolute atomic E-state index is 0.698. The van der Waals surface area contributed by atoms with Crippen molar-refractivity contribution in [1.29, 1.82) is 5.26 Å². The maximum atomic E-state index is 8.80. The van der Waals surface area contributed by atoms with E-state index in [1.165, 1.54) is 31.2 Å². The van der Waals surface area contributed by atoms with Crippen LogP contribution >= 0.6 is 0 Å². The van der Waals surface area contributed by atoms with Gasteiger partial charge in [-0.1, -0.05) is 31.2 Å². The number of nitrogens with zero attached hydrogens (tertiary/aromatic N) is 1. The quantitative estimate of drug-likeness (QED) is 0.695. The van der Waals surface area contributed by atoms with Gasteiger partial charge in [-0.25, -0.2) is 0 Å². The summed E-state index contributed by atoms with van der Waals surface area (Å²) in [5, 5.41) is 8.80. The highest BCUT2D eigenvalue weighted by Crippen LogP contribution is 2.36. The molecule has 1 nitrogen and oxygen atoms in total. The van der Waals surface area contributed by atoms with Gasteiger partial charge in [0.05, 0.1) is 11.6 Å².